The maximum Gasteiger partial charge on any atom is 0.203 e. The average Bonchev–Trinajstić information content (AvgIpc) is 2.55. The molecule has 1 aliphatic carbocycles. The quantitative estimate of drug-likeness (QED) is 0.585. The van der Waals surface area contributed by atoms with Crippen molar-refractivity contribution in [2.75, 3.05) is 6.54 Å². The van der Waals surface area contributed by atoms with Gasteiger partial charge in [0.05, 0.1) is 5.70 Å². The predicted molar refractivity (Wildman–Crippen MR) is 58.5 cm³/mol. The summed E-state index contributed by atoms with van der Waals surface area (Å²) < 4.78 is 0. The molecule has 0 unspecified atom stereocenters. The number of amidine groups is 1. The van der Waals surface area contributed by atoms with E-state index in [1.807, 2.05) is 11.0 Å². The van der Waals surface area contributed by atoms with E-state index < -0.39 is 0 Å². The number of allylic oxidation sites excluding steroid dienone is 2. The van der Waals surface area contributed by atoms with E-state index >= 15 is 0 Å². The zero-order valence-electron chi connectivity index (χ0n) is 8.03. The molecule has 0 N–H and O–H groups in total. The van der Waals surface area contributed by atoms with Gasteiger partial charge in [-0.3, -0.25) is 4.79 Å². The molecule has 2 heterocycles. The molecule has 0 aromatic rings. The van der Waals surface area contributed by atoms with Gasteiger partial charge in [-0.25, -0.2) is 4.99 Å². The highest BCUT2D eigenvalue weighted by Gasteiger charge is 2.31. The Kier molecular flexibility index (Phi) is 1.83. The molecular weight excluding hydrogens is 212 g/mol. The smallest absolute Gasteiger partial charge is 0.203 e. The molecule has 0 atom stereocenters. The number of hydrogen-bond donors (Lipinski definition) is 0. The SMILES string of the molecule is O=C1C=CC2=CN=C(Cl)N3CCC(=C23)C1. The summed E-state index contributed by atoms with van der Waals surface area (Å²) in [5, 5.41) is 0.506. The molecule has 3 rings (SSSR count). The van der Waals surface area contributed by atoms with Gasteiger partial charge in [0.25, 0.3) is 0 Å². The van der Waals surface area contributed by atoms with Crippen LogP contribution in [-0.4, -0.2) is 22.5 Å². The summed E-state index contributed by atoms with van der Waals surface area (Å²) in [4.78, 5) is 17.5. The molecule has 3 nitrogen and oxygen atoms in total. The normalized spacial score (nSPS) is 23.8. The monoisotopic (exact) mass is 220 g/mol. The summed E-state index contributed by atoms with van der Waals surface area (Å²) in [7, 11) is 0. The van der Waals surface area contributed by atoms with Gasteiger partial charge in [-0.2, -0.15) is 0 Å². The number of rotatable bonds is 0. The fourth-order valence-corrected chi connectivity index (χ4v) is 2.43. The third-order valence-corrected chi connectivity index (χ3v) is 3.19. The second-order valence-corrected chi connectivity index (χ2v) is 4.15. The van der Waals surface area contributed by atoms with E-state index in [0.29, 0.717) is 11.7 Å². The van der Waals surface area contributed by atoms with Crippen LogP contribution >= 0.6 is 11.6 Å². The maximum atomic E-state index is 11.5. The van der Waals surface area contributed by atoms with Crippen LogP contribution in [0.15, 0.2) is 40.2 Å². The summed E-state index contributed by atoms with van der Waals surface area (Å²) in [6.45, 7) is 0.839. The molecule has 0 radical (unpaired) electrons. The minimum absolute atomic E-state index is 0.158. The first-order valence-electron chi connectivity index (χ1n) is 4.90. The van der Waals surface area contributed by atoms with Gasteiger partial charge < -0.3 is 4.90 Å². The summed E-state index contributed by atoms with van der Waals surface area (Å²) in [5.74, 6) is 0.158. The summed E-state index contributed by atoms with van der Waals surface area (Å²) >= 11 is 6.01. The van der Waals surface area contributed by atoms with Crippen molar-refractivity contribution >= 4 is 22.7 Å². The lowest BCUT2D eigenvalue weighted by Gasteiger charge is -2.23. The predicted octanol–water partition coefficient (Wildman–Crippen LogP) is 1.97. The Morgan fingerprint density at radius 3 is 3.13 bits per heavy atom. The topological polar surface area (TPSA) is 32.7 Å². The zero-order valence-corrected chi connectivity index (χ0v) is 8.79. The molecule has 0 saturated carbocycles. The van der Waals surface area contributed by atoms with E-state index in [9.17, 15) is 4.79 Å². The first-order chi connectivity index (χ1) is 7.25. The lowest BCUT2D eigenvalue weighted by Crippen LogP contribution is -2.26. The number of carbonyl (C=O) groups is 1. The molecule has 0 amide bonds. The van der Waals surface area contributed by atoms with Gasteiger partial charge >= 0.3 is 0 Å². The Morgan fingerprint density at radius 1 is 1.40 bits per heavy atom. The number of halogens is 1. The molecule has 0 spiro atoms. The van der Waals surface area contributed by atoms with Gasteiger partial charge in [0, 0.05) is 24.7 Å². The van der Waals surface area contributed by atoms with Gasteiger partial charge in [-0.05, 0) is 35.7 Å². The summed E-state index contributed by atoms with van der Waals surface area (Å²) in [6.07, 6.45) is 6.61. The number of ketones is 1. The van der Waals surface area contributed by atoms with Gasteiger partial charge in [0.15, 0.2) is 5.78 Å². The van der Waals surface area contributed by atoms with Crippen molar-refractivity contribution in [3.8, 4) is 0 Å². The van der Waals surface area contributed by atoms with Crippen molar-refractivity contribution in [2.24, 2.45) is 4.99 Å². The second kappa shape index (κ2) is 3.07. The molecule has 0 saturated heterocycles. The van der Waals surface area contributed by atoms with Gasteiger partial charge in [0.2, 0.25) is 5.29 Å². The minimum Gasteiger partial charge on any atom is -0.316 e. The average molecular weight is 221 g/mol. The minimum atomic E-state index is 0.158. The lowest BCUT2D eigenvalue weighted by molar-refractivity contribution is -0.114. The molecule has 0 aromatic carbocycles. The Bertz CT molecular complexity index is 471. The van der Waals surface area contributed by atoms with Gasteiger partial charge in [-0.1, -0.05) is 0 Å². The largest absolute Gasteiger partial charge is 0.316 e. The third-order valence-electron chi connectivity index (χ3n) is 2.88. The molecule has 4 heteroatoms. The van der Waals surface area contributed by atoms with Crippen molar-refractivity contribution in [3.05, 3.63) is 35.2 Å². The summed E-state index contributed by atoms with van der Waals surface area (Å²) in [6, 6.07) is 0. The first-order valence-corrected chi connectivity index (χ1v) is 5.28. The second-order valence-electron chi connectivity index (χ2n) is 3.81. The van der Waals surface area contributed by atoms with E-state index in [4.69, 9.17) is 11.6 Å². The van der Waals surface area contributed by atoms with Crippen LogP contribution in [0.5, 0.6) is 0 Å². The van der Waals surface area contributed by atoms with Crippen LogP contribution in [0.3, 0.4) is 0 Å². The lowest BCUT2D eigenvalue weighted by atomic mass is 10.1. The van der Waals surface area contributed by atoms with Crippen molar-refractivity contribution in [1.82, 2.24) is 4.90 Å². The Hall–Kier alpha value is -1.35. The van der Waals surface area contributed by atoms with Crippen LogP contribution in [0.25, 0.3) is 0 Å². The number of nitrogens with zero attached hydrogens (tertiary/aromatic N) is 2. The first kappa shape index (κ1) is 8.92. The van der Waals surface area contributed by atoms with E-state index in [1.165, 1.54) is 5.57 Å². The van der Waals surface area contributed by atoms with Crippen molar-refractivity contribution < 1.29 is 4.79 Å². The van der Waals surface area contributed by atoms with Crippen LogP contribution in [0.2, 0.25) is 0 Å². The third kappa shape index (κ3) is 1.27. The number of carbonyl (C=O) groups excluding carboxylic acids is 1. The fourth-order valence-electron chi connectivity index (χ4n) is 2.21. The summed E-state index contributed by atoms with van der Waals surface area (Å²) in [5.41, 5.74) is 3.28. The van der Waals surface area contributed by atoms with E-state index in [0.717, 1.165) is 24.2 Å². The van der Waals surface area contributed by atoms with E-state index in [1.54, 1.807) is 12.3 Å². The fraction of sp³-hybridized carbons (Fsp3) is 0.273. The number of hydrogen-bond acceptors (Lipinski definition) is 3. The van der Waals surface area contributed by atoms with E-state index in [-0.39, 0.29) is 5.78 Å². The van der Waals surface area contributed by atoms with Crippen LogP contribution in [-0.2, 0) is 4.79 Å². The maximum absolute atomic E-state index is 11.5. The molecule has 0 bridgehead atoms. The highest BCUT2D eigenvalue weighted by molar-refractivity contribution is 6.65. The molecular formula is C11H9ClN2O. The Labute approximate surface area is 92.4 Å². The van der Waals surface area contributed by atoms with Crippen molar-refractivity contribution in [3.63, 3.8) is 0 Å². The van der Waals surface area contributed by atoms with E-state index in [2.05, 4.69) is 4.99 Å². The van der Waals surface area contributed by atoms with Crippen LogP contribution in [0.1, 0.15) is 12.8 Å². The van der Waals surface area contributed by atoms with Gasteiger partial charge in [-0.15, -0.1) is 0 Å². The van der Waals surface area contributed by atoms with Crippen LogP contribution < -0.4 is 0 Å². The molecule has 15 heavy (non-hydrogen) atoms. The Morgan fingerprint density at radius 2 is 2.27 bits per heavy atom. The number of aliphatic imine (C=N–C) groups is 1. The Balaban J connectivity index is 2.18. The molecule has 0 fully saturated rings. The molecule has 3 aliphatic rings. The highest BCUT2D eigenvalue weighted by atomic mass is 35.5. The van der Waals surface area contributed by atoms with Crippen LogP contribution in [0, 0.1) is 0 Å². The molecule has 76 valence electrons. The van der Waals surface area contributed by atoms with Crippen molar-refractivity contribution in [2.45, 2.75) is 12.8 Å². The highest BCUT2D eigenvalue weighted by Crippen LogP contribution is 2.36. The van der Waals surface area contributed by atoms with Gasteiger partial charge in [0.1, 0.15) is 0 Å². The molecule has 2 aliphatic heterocycles. The zero-order chi connectivity index (χ0) is 10.4. The standard InChI is InChI=1S/C11H9ClN2O/c12-11-13-6-8-1-2-9(15)5-7-3-4-14(11)10(7)8/h1-2,6H,3-5H2. The van der Waals surface area contributed by atoms with Crippen molar-refractivity contribution in [1.29, 1.82) is 0 Å². The van der Waals surface area contributed by atoms with Crippen LogP contribution in [0.4, 0.5) is 0 Å². The molecule has 0 aromatic heterocycles.